The average molecular weight is 289 g/mol. The van der Waals surface area contributed by atoms with E-state index in [0.717, 1.165) is 5.56 Å². The molecule has 0 amide bonds. The van der Waals surface area contributed by atoms with Gasteiger partial charge in [0.15, 0.2) is 0 Å². The summed E-state index contributed by atoms with van der Waals surface area (Å²) in [6.07, 6.45) is 1.52. The number of hydrazone groups is 1. The Morgan fingerprint density at radius 3 is 3.05 bits per heavy atom. The first-order chi connectivity index (χ1) is 9.81. The van der Waals surface area contributed by atoms with Gasteiger partial charge in [-0.3, -0.25) is 0 Å². The second-order valence-electron chi connectivity index (χ2n) is 3.82. The van der Waals surface area contributed by atoms with Crippen LogP contribution >= 0.6 is 11.6 Å². The van der Waals surface area contributed by atoms with Gasteiger partial charge in [0, 0.05) is 10.6 Å². The highest BCUT2D eigenvalue weighted by atomic mass is 35.5. The molecule has 2 heterocycles. The summed E-state index contributed by atoms with van der Waals surface area (Å²) in [5.74, 6) is 1.59. The summed E-state index contributed by atoms with van der Waals surface area (Å²) in [6.45, 7) is 0. The van der Waals surface area contributed by atoms with Crippen LogP contribution in [0.5, 0.6) is 0 Å². The third-order valence-electron chi connectivity index (χ3n) is 2.44. The van der Waals surface area contributed by atoms with Crippen LogP contribution in [0.3, 0.4) is 0 Å². The molecule has 3 aromatic rings. The Balaban J connectivity index is 1.72. The number of halogens is 1. The fourth-order valence-corrected chi connectivity index (χ4v) is 1.77. The molecule has 0 unspecified atom stereocenters. The van der Waals surface area contributed by atoms with Crippen molar-refractivity contribution < 1.29 is 4.42 Å². The molecule has 0 spiro atoms. The summed E-state index contributed by atoms with van der Waals surface area (Å²) in [5, 5.41) is 17.7. The summed E-state index contributed by atoms with van der Waals surface area (Å²) >= 11 is 5.94. The largest absolute Gasteiger partial charge is 0.455 e. The molecule has 3 rings (SSSR count). The second-order valence-corrected chi connectivity index (χ2v) is 4.25. The fourth-order valence-electron chi connectivity index (χ4n) is 1.58. The molecule has 7 nitrogen and oxygen atoms in total. The van der Waals surface area contributed by atoms with Gasteiger partial charge >= 0.3 is 0 Å². The summed E-state index contributed by atoms with van der Waals surface area (Å²) in [7, 11) is 0. The standard InChI is InChI=1S/C12H9ClN6O/c13-9-3-1-2-8(6-9)11-5-4-10(20-11)7-14-15-12-16-18-19-17-12/h1-7H,(H2,15,16,17,18,19)/b14-7-. The number of tetrazole rings is 1. The van der Waals surface area contributed by atoms with Crippen molar-refractivity contribution in [1.29, 1.82) is 0 Å². The number of nitrogens with zero attached hydrogens (tertiary/aromatic N) is 4. The number of hydrogen-bond donors (Lipinski definition) is 2. The van der Waals surface area contributed by atoms with Crippen molar-refractivity contribution >= 4 is 23.8 Å². The van der Waals surface area contributed by atoms with E-state index in [9.17, 15) is 0 Å². The van der Waals surface area contributed by atoms with Crippen LogP contribution in [0.15, 0.2) is 45.9 Å². The van der Waals surface area contributed by atoms with Crippen LogP contribution in [0.4, 0.5) is 5.95 Å². The molecule has 0 aliphatic heterocycles. The Bertz CT molecular complexity index is 721. The highest BCUT2D eigenvalue weighted by molar-refractivity contribution is 6.30. The molecule has 0 aliphatic carbocycles. The van der Waals surface area contributed by atoms with E-state index in [1.165, 1.54) is 6.21 Å². The normalized spacial score (nSPS) is 11.1. The van der Waals surface area contributed by atoms with Crippen LogP contribution < -0.4 is 5.43 Å². The van der Waals surface area contributed by atoms with Crippen molar-refractivity contribution in [3.63, 3.8) is 0 Å². The Morgan fingerprint density at radius 1 is 1.30 bits per heavy atom. The lowest BCUT2D eigenvalue weighted by Crippen LogP contribution is -1.91. The van der Waals surface area contributed by atoms with Crippen LogP contribution in [0.25, 0.3) is 11.3 Å². The monoisotopic (exact) mass is 288 g/mol. The summed E-state index contributed by atoms with van der Waals surface area (Å²) < 4.78 is 5.63. The molecule has 1 aromatic carbocycles. The summed E-state index contributed by atoms with van der Waals surface area (Å²) in [6, 6.07) is 11.1. The molecule has 0 aliphatic rings. The van der Waals surface area contributed by atoms with E-state index in [1.807, 2.05) is 30.3 Å². The Morgan fingerprint density at radius 2 is 2.25 bits per heavy atom. The summed E-state index contributed by atoms with van der Waals surface area (Å²) in [5.41, 5.74) is 3.51. The van der Waals surface area contributed by atoms with Crippen LogP contribution in [0.1, 0.15) is 5.76 Å². The number of aromatic amines is 1. The van der Waals surface area contributed by atoms with Crippen molar-refractivity contribution in [2.75, 3.05) is 5.43 Å². The van der Waals surface area contributed by atoms with Gasteiger partial charge in [-0.15, -0.1) is 5.10 Å². The molecule has 0 atom stereocenters. The predicted octanol–water partition coefficient (Wildman–Crippen LogP) is 2.56. The highest BCUT2D eigenvalue weighted by Crippen LogP contribution is 2.24. The first-order valence-corrected chi connectivity index (χ1v) is 6.07. The Kier molecular flexibility index (Phi) is 3.42. The van der Waals surface area contributed by atoms with Gasteiger partial charge < -0.3 is 4.42 Å². The smallest absolute Gasteiger partial charge is 0.283 e. The molecular weight excluding hydrogens is 280 g/mol. The maximum Gasteiger partial charge on any atom is 0.283 e. The summed E-state index contributed by atoms with van der Waals surface area (Å²) in [4.78, 5) is 0. The van der Waals surface area contributed by atoms with Crippen molar-refractivity contribution in [3.8, 4) is 11.3 Å². The zero-order chi connectivity index (χ0) is 13.8. The zero-order valence-corrected chi connectivity index (χ0v) is 10.9. The molecule has 2 aromatic heterocycles. The molecular formula is C12H9ClN6O. The topological polar surface area (TPSA) is 92.0 Å². The van der Waals surface area contributed by atoms with Gasteiger partial charge in [0.1, 0.15) is 11.5 Å². The SMILES string of the molecule is Clc1cccc(-c2ccc(/C=N\Nc3nn[nH]n3)o2)c1. The molecule has 100 valence electrons. The van der Waals surface area contributed by atoms with Gasteiger partial charge in [-0.2, -0.15) is 10.3 Å². The van der Waals surface area contributed by atoms with E-state index in [0.29, 0.717) is 16.5 Å². The van der Waals surface area contributed by atoms with Crippen molar-refractivity contribution in [1.82, 2.24) is 20.6 Å². The van der Waals surface area contributed by atoms with E-state index >= 15 is 0 Å². The van der Waals surface area contributed by atoms with Crippen LogP contribution in [0.2, 0.25) is 5.02 Å². The van der Waals surface area contributed by atoms with Gasteiger partial charge in [0.05, 0.1) is 6.21 Å². The van der Waals surface area contributed by atoms with Gasteiger partial charge in [-0.25, -0.2) is 5.43 Å². The van der Waals surface area contributed by atoms with Crippen LogP contribution in [-0.4, -0.2) is 26.8 Å². The molecule has 2 N–H and O–H groups in total. The minimum atomic E-state index is 0.280. The number of rotatable bonds is 4. The average Bonchev–Trinajstić information content (AvgIpc) is 3.10. The number of aromatic nitrogens is 4. The van der Waals surface area contributed by atoms with E-state index in [1.54, 1.807) is 6.07 Å². The van der Waals surface area contributed by atoms with Crippen LogP contribution in [0, 0.1) is 0 Å². The third-order valence-corrected chi connectivity index (χ3v) is 2.67. The predicted molar refractivity (Wildman–Crippen MR) is 74.5 cm³/mol. The highest BCUT2D eigenvalue weighted by Gasteiger charge is 2.03. The van der Waals surface area contributed by atoms with E-state index in [4.69, 9.17) is 16.0 Å². The van der Waals surface area contributed by atoms with Crippen molar-refractivity contribution in [2.45, 2.75) is 0 Å². The molecule has 0 saturated heterocycles. The number of anilines is 1. The van der Waals surface area contributed by atoms with E-state index < -0.39 is 0 Å². The van der Waals surface area contributed by atoms with Gasteiger partial charge in [0.25, 0.3) is 5.95 Å². The van der Waals surface area contributed by atoms with Crippen molar-refractivity contribution in [2.24, 2.45) is 5.10 Å². The lowest BCUT2D eigenvalue weighted by molar-refractivity contribution is 0.575. The Labute approximate surface area is 118 Å². The molecule has 8 heteroatoms. The molecule has 0 fully saturated rings. The minimum absolute atomic E-state index is 0.280. The third kappa shape index (κ3) is 2.83. The maximum atomic E-state index is 5.94. The quantitative estimate of drug-likeness (QED) is 0.568. The number of H-pyrrole nitrogens is 1. The first-order valence-electron chi connectivity index (χ1n) is 5.69. The van der Waals surface area contributed by atoms with E-state index in [2.05, 4.69) is 31.2 Å². The molecule has 0 radical (unpaired) electrons. The Hall–Kier alpha value is -2.67. The lowest BCUT2D eigenvalue weighted by Gasteiger charge is -1.96. The second kappa shape index (κ2) is 5.54. The maximum absolute atomic E-state index is 5.94. The fraction of sp³-hybridized carbons (Fsp3) is 0. The molecule has 20 heavy (non-hydrogen) atoms. The molecule has 0 saturated carbocycles. The van der Waals surface area contributed by atoms with Gasteiger partial charge in [0.2, 0.25) is 0 Å². The first kappa shape index (κ1) is 12.4. The number of benzene rings is 1. The van der Waals surface area contributed by atoms with Gasteiger partial charge in [-0.1, -0.05) is 28.8 Å². The number of furan rings is 1. The molecule has 0 bridgehead atoms. The number of nitrogens with one attached hydrogen (secondary N) is 2. The van der Waals surface area contributed by atoms with E-state index in [-0.39, 0.29) is 5.95 Å². The van der Waals surface area contributed by atoms with Crippen LogP contribution in [-0.2, 0) is 0 Å². The zero-order valence-electron chi connectivity index (χ0n) is 10.1. The lowest BCUT2D eigenvalue weighted by atomic mass is 10.2. The van der Waals surface area contributed by atoms with Crippen molar-refractivity contribution in [3.05, 3.63) is 47.2 Å². The number of hydrogen-bond acceptors (Lipinski definition) is 6. The van der Waals surface area contributed by atoms with Gasteiger partial charge in [-0.05, 0) is 29.5 Å². The minimum Gasteiger partial charge on any atom is -0.455 e.